The van der Waals surface area contributed by atoms with Crippen LogP contribution in [0.25, 0.3) is 33.4 Å². The molecular formula is C24H17B. The minimum absolute atomic E-state index is 0.784. The van der Waals surface area contributed by atoms with Crippen LogP contribution in [0.3, 0.4) is 0 Å². The zero-order valence-electron chi connectivity index (χ0n) is 13.9. The predicted octanol–water partition coefficient (Wildman–Crippen LogP) is 5.48. The highest BCUT2D eigenvalue weighted by molar-refractivity contribution is 6.32. The Morgan fingerprint density at radius 2 is 0.720 bits per heavy atom. The van der Waals surface area contributed by atoms with Crippen LogP contribution in [0, 0.1) is 0 Å². The summed E-state index contributed by atoms with van der Waals surface area (Å²) in [6, 6.07) is 35.8. The van der Waals surface area contributed by atoms with Gasteiger partial charge in [0.05, 0.1) is 0 Å². The second-order valence-corrected chi connectivity index (χ2v) is 6.15. The monoisotopic (exact) mass is 316 g/mol. The minimum atomic E-state index is 0.784. The Morgan fingerprint density at radius 3 is 1.12 bits per heavy atom. The van der Waals surface area contributed by atoms with E-state index in [4.69, 9.17) is 7.85 Å². The van der Waals surface area contributed by atoms with Crippen LogP contribution < -0.4 is 5.46 Å². The standard InChI is InChI=1S/C24H17B/c25-24-13-11-20(12-14-24)23-16-21(18-7-3-1-4-8-18)15-22(17-23)19-9-5-2-6-10-19/h1-17H. The normalized spacial score (nSPS) is 10.6. The summed E-state index contributed by atoms with van der Waals surface area (Å²) in [5, 5.41) is 0. The van der Waals surface area contributed by atoms with Gasteiger partial charge in [0, 0.05) is 0 Å². The average molecular weight is 316 g/mol. The number of rotatable bonds is 3. The van der Waals surface area contributed by atoms with Crippen molar-refractivity contribution < 1.29 is 0 Å². The number of benzene rings is 4. The van der Waals surface area contributed by atoms with Gasteiger partial charge in [-0.2, -0.15) is 0 Å². The largest absolute Gasteiger partial charge is 0.113 e. The quantitative estimate of drug-likeness (QED) is 0.439. The molecule has 0 bridgehead atoms. The first kappa shape index (κ1) is 15.5. The lowest BCUT2D eigenvalue weighted by Crippen LogP contribution is -1.99. The third-order valence-electron chi connectivity index (χ3n) is 4.39. The molecule has 0 amide bonds. The van der Waals surface area contributed by atoms with Crippen LogP contribution in [-0.4, -0.2) is 7.85 Å². The van der Waals surface area contributed by atoms with Crippen molar-refractivity contribution in [2.45, 2.75) is 0 Å². The number of hydrogen-bond donors (Lipinski definition) is 0. The molecular weight excluding hydrogens is 299 g/mol. The highest BCUT2D eigenvalue weighted by atomic mass is 14.1. The highest BCUT2D eigenvalue weighted by Crippen LogP contribution is 2.32. The summed E-state index contributed by atoms with van der Waals surface area (Å²) < 4.78 is 0. The van der Waals surface area contributed by atoms with Gasteiger partial charge >= 0.3 is 0 Å². The zero-order chi connectivity index (χ0) is 17.1. The van der Waals surface area contributed by atoms with Crippen molar-refractivity contribution in [3.05, 3.63) is 103 Å². The minimum Gasteiger partial charge on any atom is -0.0966 e. The molecule has 4 aromatic rings. The van der Waals surface area contributed by atoms with Crippen molar-refractivity contribution in [3.63, 3.8) is 0 Å². The SMILES string of the molecule is [B]c1ccc(-c2cc(-c3ccccc3)cc(-c3ccccc3)c2)cc1. The second-order valence-electron chi connectivity index (χ2n) is 6.15. The van der Waals surface area contributed by atoms with Crippen LogP contribution in [0.4, 0.5) is 0 Å². The maximum atomic E-state index is 5.85. The molecule has 0 saturated heterocycles. The molecule has 25 heavy (non-hydrogen) atoms. The van der Waals surface area contributed by atoms with E-state index in [0.29, 0.717) is 0 Å². The fourth-order valence-electron chi connectivity index (χ4n) is 3.06. The van der Waals surface area contributed by atoms with E-state index in [1.165, 1.54) is 33.4 Å². The molecule has 4 aromatic carbocycles. The first-order valence-corrected chi connectivity index (χ1v) is 8.41. The Hall–Kier alpha value is -3.06. The van der Waals surface area contributed by atoms with Gasteiger partial charge in [-0.05, 0) is 51.6 Å². The van der Waals surface area contributed by atoms with Gasteiger partial charge in [0.15, 0.2) is 0 Å². The lowest BCUT2D eigenvalue weighted by molar-refractivity contribution is 1.57. The van der Waals surface area contributed by atoms with E-state index in [2.05, 4.69) is 78.9 Å². The van der Waals surface area contributed by atoms with E-state index in [0.717, 1.165) is 5.46 Å². The zero-order valence-corrected chi connectivity index (χ0v) is 13.9. The summed E-state index contributed by atoms with van der Waals surface area (Å²) in [6.07, 6.45) is 0. The molecule has 4 rings (SSSR count). The highest BCUT2D eigenvalue weighted by Gasteiger charge is 2.07. The summed E-state index contributed by atoms with van der Waals surface area (Å²) in [6.45, 7) is 0. The summed E-state index contributed by atoms with van der Waals surface area (Å²) in [5.74, 6) is 0. The maximum Gasteiger partial charge on any atom is 0.113 e. The third kappa shape index (κ3) is 3.41. The van der Waals surface area contributed by atoms with Crippen molar-refractivity contribution >= 4 is 13.3 Å². The molecule has 0 aliphatic rings. The Bertz CT molecular complexity index is 914. The Balaban J connectivity index is 1.90. The molecule has 0 fully saturated rings. The van der Waals surface area contributed by atoms with Crippen LogP contribution in [0.2, 0.25) is 0 Å². The Kier molecular flexibility index (Phi) is 4.22. The van der Waals surface area contributed by atoms with Crippen molar-refractivity contribution in [3.8, 4) is 33.4 Å². The molecule has 0 spiro atoms. The lowest BCUT2D eigenvalue weighted by Gasteiger charge is -2.11. The molecule has 0 unspecified atom stereocenters. The van der Waals surface area contributed by atoms with Crippen LogP contribution in [-0.2, 0) is 0 Å². The molecule has 116 valence electrons. The van der Waals surface area contributed by atoms with Gasteiger partial charge in [-0.15, -0.1) is 0 Å². The predicted molar refractivity (Wildman–Crippen MR) is 108 cm³/mol. The molecule has 0 saturated carbocycles. The molecule has 0 nitrogen and oxygen atoms in total. The van der Waals surface area contributed by atoms with Crippen LogP contribution in [0.15, 0.2) is 103 Å². The van der Waals surface area contributed by atoms with Gasteiger partial charge in [-0.1, -0.05) is 90.4 Å². The van der Waals surface area contributed by atoms with Gasteiger partial charge in [0.2, 0.25) is 0 Å². The molecule has 2 radical (unpaired) electrons. The second kappa shape index (κ2) is 6.82. The van der Waals surface area contributed by atoms with Crippen molar-refractivity contribution in [2.75, 3.05) is 0 Å². The summed E-state index contributed by atoms with van der Waals surface area (Å²) in [4.78, 5) is 0. The third-order valence-corrected chi connectivity index (χ3v) is 4.39. The Labute approximate surface area is 150 Å². The topological polar surface area (TPSA) is 0 Å². The molecule has 0 atom stereocenters. The van der Waals surface area contributed by atoms with Gasteiger partial charge in [0.1, 0.15) is 7.85 Å². The first-order chi connectivity index (χ1) is 12.3. The van der Waals surface area contributed by atoms with E-state index in [9.17, 15) is 0 Å². The molecule has 0 N–H and O–H groups in total. The van der Waals surface area contributed by atoms with E-state index in [1.807, 2.05) is 24.3 Å². The fraction of sp³-hybridized carbons (Fsp3) is 0. The molecule has 0 aromatic heterocycles. The van der Waals surface area contributed by atoms with Gasteiger partial charge in [-0.3, -0.25) is 0 Å². The summed E-state index contributed by atoms with van der Waals surface area (Å²) in [5.41, 5.74) is 8.02. The average Bonchev–Trinajstić information content (AvgIpc) is 2.69. The van der Waals surface area contributed by atoms with Gasteiger partial charge in [-0.25, -0.2) is 0 Å². The fourth-order valence-corrected chi connectivity index (χ4v) is 3.06. The summed E-state index contributed by atoms with van der Waals surface area (Å²) >= 11 is 0. The van der Waals surface area contributed by atoms with E-state index in [-0.39, 0.29) is 0 Å². The van der Waals surface area contributed by atoms with Crippen molar-refractivity contribution in [2.24, 2.45) is 0 Å². The molecule has 0 aliphatic carbocycles. The van der Waals surface area contributed by atoms with Crippen LogP contribution in [0.1, 0.15) is 0 Å². The van der Waals surface area contributed by atoms with Crippen molar-refractivity contribution in [1.82, 2.24) is 0 Å². The van der Waals surface area contributed by atoms with Gasteiger partial charge in [0.25, 0.3) is 0 Å². The molecule has 0 heterocycles. The smallest absolute Gasteiger partial charge is 0.0966 e. The van der Waals surface area contributed by atoms with E-state index < -0.39 is 0 Å². The first-order valence-electron chi connectivity index (χ1n) is 8.41. The van der Waals surface area contributed by atoms with Gasteiger partial charge < -0.3 is 0 Å². The number of hydrogen-bond acceptors (Lipinski definition) is 0. The molecule has 1 heteroatoms. The van der Waals surface area contributed by atoms with E-state index >= 15 is 0 Å². The summed E-state index contributed by atoms with van der Waals surface area (Å²) in [7, 11) is 5.85. The van der Waals surface area contributed by atoms with Crippen molar-refractivity contribution in [1.29, 1.82) is 0 Å². The lowest BCUT2D eigenvalue weighted by atomic mass is 9.91. The van der Waals surface area contributed by atoms with E-state index in [1.54, 1.807) is 0 Å². The van der Waals surface area contributed by atoms with Crippen LogP contribution >= 0.6 is 0 Å². The van der Waals surface area contributed by atoms with Crippen LogP contribution in [0.5, 0.6) is 0 Å². The maximum absolute atomic E-state index is 5.85. The Morgan fingerprint density at radius 1 is 0.360 bits per heavy atom. The molecule has 0 aliphatic heterocycles.